The van der Waals surface area contributed by atoms with Gasteiger partial charge < -0.3 is 10.2 Å². The van der Waals surface area contributed by atoms with Crippen molar-refractivity contribution in [2.24, 2.45) is 0 Å². The first-order chi connectivity index (χ1) is 13.0. The van der Waals surface area contributed by atoms with E-state index < -0.39 is 0 Å². The number of piperazine rings is 1. The summed E-state index contributed by atoms with van der Waals surface area (Å²) in [5, 5.41) is 5.39. The van der Waals surface area contributed by atoms with E-state index in [4.69, 9.17) is 0 Å². The van der Waals surface area contributed by atoms with Gasteiger partial charge in [0.15, 0.2) is 0 Å². The van der Waals surface area contributed by atoms with Gasteiger partial charge in [0.2, 0.25) is 0 Å². The zero-order valence-electron chi connectivity index (χ0n) is 16.9. The maximum Gasteiger partial charge on any atom is 0.251 e. The number of benzene rings is 1. The standard InChI is InChI=1S/C22H31N3OS/c1-5-24-10-12-25(13-11-24)21(20-7-6-14-27-20)18(4)23-22(26)19-9-8-16(2)17(3)15-19/h6-9,14-15,18,21H,5,10-13H2,1-4H3,(H,23,26)/t18-,21-/m1/s1. The molecule has 0 saturated carbocycles. The van der Waals surface area contributed by atoms with Crippen LogP contribution in [-0.2, 0) is 0 Å². The van der Waals surface area contributed by atoms with Crippen LogP contribution < -0.4 is 5.32 Å². The van der Waals surface area contributed by atoms with Crippen LogP contribution in [0.5, 0.6) is 0 Å². The minimum atomic E-state index is 0.0133. The van der Waals surface area contributed by atoms with E-state index in [1.165, 1.54) is 10.4 Å². The first-order valence-corrected chi connectivity index (χ1v) is 10.8. The third-order valence-corrected chi connectivity index (χ3v) is 6.63. The first-order valence-electron chi connectivity index (χ1n) is 9.87. The van der Waals surface area contributed by atoms with Gasteiger partial charge in [-0.05, 0) is 62.0 Å². The predicted octanol–water partition coefficient (Wildman–Crippen LogP) is 3.86. The molecule has 0 aliphatic carbocycles. The molecule has 3 rings (SSSR count). The van der Waals surface area contributed by atoms with Crippen LogP contribution in [0.3, 0.4) is 0 Å². The number of thiophene rings is 1. The molecule has 1 aliphatic rings. The fourth-order valence-electron chi connectivity index (χ4n) is 3.81. The van der Waals surface area contributed by atoms with E-state index in [0.717, 1.165) is 43.9 Å². The summed E-state index contributed by atoms with van der Waals surface area (Å²) in [4.78, 5) is 19.2. The van der Waals surface area contributed by atoms with Crippen LogP contribution in [0.25, 0.3) is 0 Å². The molecule has 146 valence electrons. The lowest BCUT2D eigenvalue weighted by molar-refractivity contribution is 0.0753. The third kappa shape index (κ3) is 4.78. The van der Waals surface area contributed by atoms with Crippen LogP contribution in [0, 0.1) is 13.8 Å². The van der Waals surface area contributed by atoms with Crippen molar-refractivity contribution in [1.29, 1.82) is 0 Å². The number of amides is 1. The van der Waals surface area contributed by atoms with Crippen LogP contribution >= 0.6 is 11.3 Å². The smallest absolute Gasteiger partial charge is 0.251 e. The van der Waals surface area contributed by atoms with Gasteiger partial charge in [0.1, 0.15) is 0 Å². The second kappa shape index (κ2) is 9.00. The van der Waals surface area contributed by atoms with Crippen LogP contribution in [0.4, 0.5) is 0 Å². The summed E-state index contributed by atoms with van der Waals surface area (Å²) in [6.07, 6.45) is 0. The van der Waals surface area contributed by atoms with Gasteiger partial charge in [-0.3, -0.25) is 9.69 Å². The Balaban J connectivity index is 1.74. The zero-order chi connectivity index (χ0) is 19.4. The molecule has 1 saturated heterocycles. The Hall–Kier alpha value is -1.69. The number of nitrogens with one attached hydrogen (secondary N) is 1. The van der Waals surface area contributed by atoms with Crippen molar-refractivity contribution in [2.75, 3.05) is 32.7 Å². The monoisotopic (exact) mass is 385 g/mol. The molecular weight excluding hydrogens is 354 g/mol. The molecule has 0 spiro atoms. The summed E-state index contributed by atoms with van der Waals surface area (Å²) in [5.41, 5.74) is 3.11. The van der Waals surface area contributed by atoms with Crippen molar-refractivity contribution >= 4 is 17.2 Å². The molecule has 1 amide bonds. The number of nitrogens with zero attached hydrogens (tertiary/aromatic N) is 2. The van der Waals surface area contributed by atoms with Gasteiger partial charge in [-0.2, -0.15) is 0 Å². The lowest BCUT2D eigenvalue weighted by Gasteiger charge is -2.41. The Morgan fingerprint density at radius 1 is 1.15 bits per heavy atom. The number of rotatable bonds is 6. The fraction of sp³-hybridized carbons (Fsp3) is 0.500. The molecule has 2 heterocycles. The second-order valence-electron chi connectivity index (χ2n) is 7.49. The van der Waals surface area contributed by atoms with Gasteiger partial charge in [0, 0.05) is 42.7 Å². The Kier molecular flexibility index (Phi) is 6.68. The molecule has 0 radical (unpaired) electrons. The Labute approximate surface area is 167 Å². The molecule has 27 heavy (non-hydrogen) atoms. The van der Waals surface area contributed by atoms with E-state index in [2.05, 4.69) is 60.3 Å². The van der Waals surface area contributed by atoms with Crippen molar-refractivity contribution in [3.63, 3.8) is 0 Å². The molecule has 0 unspecified atom stereocenters. The average molecular weight is 386 g/mol. The van der Waals surface area contributed by atoms with Crippen molar-refractivity contribution in [2.45, 2.75) is 39.8 Å². The fourth-order valence-corrected chi connectivity index (χ4v) is 4.78. The number of hydrogen-bond acceptors (Lipinski definition) is 4. The van der Waals surface area contributed by atoms with Gasteiger partial charge in [0.05, 0.1) is 6.04 Å². The number of hydrogen-bond donors (Lipinski definition) is 1. The van der Waals surface area contributed by atoms with E-state index in [1.807, 2.05) is 18.2 Å². The summed E-state index contributed by atoms with van der Waals surface area (Å²) in [6.45, 7) is 13.9. The van der Waals surface area contributed by atoms with Gasteiger partial charge in [-0.1, -0.05) is 19.1 Å². The maximum atomic E-state index is 12.8. The Bertz CT molecular complexity index is 751. The highest BCUT2D eigenvalue weighted by Crippen LogP contribution is 2.29. The lowest BCUT2D eigenvalue weighted by atomic mass is 10.0. The van der Waals surface area contributed by atoms with E-state index in [0.29, 0.717) is 0 Å². The Morgan fingerprint density at radius 2 is 1.89 bits per heavy atom. The van der Waals surface area contributed by atoms with Crippen LogP contribution in [0.1, 0.15) is 46.3 Å². The van der Waals surface area contributed by atoms with Crippen molar-refractivity contribution in [1.82, 2.24) is 15.1 Å². The third-order valence-electron chi connectivity index (χ3n) is 5.68. The largest absolute Gasteiger partial charge is 0.348 e. The molecule has 5 heteroatoms. The van der Waals surface area contributed by atoms with Crippen LogP contribution in [-0.4, -0.2) is 54.5 Å². The van der Waals surface area contributed by atoms with Gasteiger partial charge in [-0.25, -0.2) is 0 Å². The molecular formula is C22H31N3OS. The predicted molar refractivity (Wildman–Crippen MR) is 114 cm³/mol. The quantitative estimate of drug-likeness (QED) is 0.820. The minimum Gasteiger partial charge on any atom is -0.348 e. The second-order valence-corrected chi connectivity index (χ2v) is 8.47. The van der Waals surface area contributed by atoms with Crippen molar-refractivity contribution < 1.29 is 4.79 Å². The van der Waals surface area contributed by atoms with Crippen molar-refractivity contribution in [3.05, 3.63) is 57.3 Å². The summed E-state index contributed by atoms with van der Waals surface area (Å²) in [7, 11) is 0. The summed E-state index contributed by atoms with van der Waals surface area (Å²) >= 11 is 1.78. The topological polar surface area (TPSA) is 35.6 Å². The van der Waals surface area contributed by atoms with E-state index in [-0.39, 0.29) is 18.0 Å². The highest BCUT2D eigenvalue weighted by atomic mass is 32.1. The first kappa shape index (κ1) is 20.1. The molecule has 1 N–H and O–H groups in total. The molecule has 1 aromatic carbocycles. The minimum absolute atomic E-state index is 0.0133. The number of carbonyl (C=O) groups excluding carboxylic acids is 1. The summed E-state index contributed by atoms with van der Waals surface area (Å²) < 4.78 is 0. The van der Waals surface area contributed by atoms with E-state index in [9.17, 15) is 4.79 Å². The average Bonchev–Trinajstić information content (AvgIpc) is 3.18. The SMILES string of the molecule is CCN1CCN([C@@H](c2cccs2)[C@@H](C)NC(=O)c2ccc(C)c(C)c2)CC1. The number of aryl methyl sites for hydroxylation is 2. The van der Waals surface area contributed by atoms with E-state index >= 15 is 0 Å². The molecule has 4 nitrogen and oxygen atoms in total. The van der Waals surface area contributed by atoms with Gasteiger partial charge in [-0.15, -0.1) is 11.3 Å². The molecule has 1 aromatic heterocycles. The summed E-state index contributed by atoms with van der Waals surface area (Å²) in [5.74, 6) is 0.0133. The highest BCUT2D eigenvalue weighted by molar-refractivity contribution is 7.10. The summed E-state index contributed by atoms with van der Waals surface area (Å²) in [6, 6.07) is 10.5. The van der Waals surface area contributed by atoms with Crippen LogP contribution in [0.15, 0.2) is 35.7 Å². The molecule has 1 aliphatic heterocycles. The van der Waals surface area contributed by atoms with Gasteiger partial charge in [0.25, 0.3) is 5.91 Å². The van der Waals surface area contributed by atoms with E-state index in [1.54, 1.807) is 11.3 Å². The zero-order valence-corrected chi connectivity index (χ0v) is 17.7. The molecule has 1 fully saturated rings. The number of carbonyl (C=O) groups is 1. The lowest BCUT2D eigenvalue weighted by Crippen LogP contribution is -2.52. The van der Waals surface area contributed by atoms with Crippen LogP contribution in [0.2, 0.25) is 0 Å². The number of likely N-dealkylation sites (N-methyl/N-ethyl adjacent to an activating group) is 1. The highest BCUT2D eigenvalue weighted by Gasteiger charge is 2.30. The van der Waals surface area contributed by atoms with Gasteiger partial charge >= 0.3 is 0 Å². The maximum absolute atomic E-state index is 12.8. The molecule has 0 bridgehead atoms. The normalized spacial score (nSPS) is 18.2. The Morgan fingerprint density at radius 3 is 2.48 bits per heavy atom. The molecule has 2 aromatic rings. The van der Waals surface area contributed by atoms with Crippen molar-refractivity contribution in [3.8, 4) is 0 Å². The molecule has 2 atom stereocenters.